The van der Waals surface area contributed by atoms with E-state index in [4.69, 9.17) is 5.11 Å². The lowest BCUT2D eigenvalue weighted by Gasteiger charge is -2.14. The van der Waals surface area contributed by atoms with Crippen LogP contribution in [0, 0.1) is 0 Å². The SMILES string of the molecule is O=C(Nc1nc(CCCO)cs1)c1ccc(CNc2ccccc2C(F)(F)F)cc1. The van der Waals surface area contributed by atoms with E-state index in [2.05, 4.69) is 15.6 Å². The highest BCUT2D eigenvalue weighted by atomic mass is 32.1. The van der Waals surface area contributed by atoms with Crippen LogP contribution in [0.5, 0.6) is 0 Å². The maximum Gasteiger partial charge on any atom is 0.418 e. The molecule has 30 heavy (non-hydrogen) atoms. The second kappa shape index (κ2) is 9.73. The van der Waals surface area contributed by atoms with Gasteiger partial charge in [-0.05, 0) is 42.7 Å². The third-order valence-electron chi connectivity index (χ3n) is 4.29. The Labute approximate surface area is 175 Å². The number of hydrogen-bond acceptors (Lipinski definition) is 5. The molecule has 1 amide bonds. The molecular weight excluding hydrogens is 415 g/mol. The number of hydrogen-bond donors (Lipinski definition) is 3. The number of carbonyl (C=O) groups is 1. The van der Waals surface area contributed by atoms with Gasteiger partial charge in [0.1, 0.15) is 0 Å². The minimum absolute atomic E-state index is 0.00703. The molecule has 0 bridgehead atoms. The first-order valence-corrected chi connectivity index (χ1v) is 10.1. The van der Waals surface area contributed by atoms with Crippen LogP contribution in [0.1, 0.15) is 33.6 Å². The molecule has 0 aliphatic carbocycles. The maximum absolute atomic E-state index is 13.1. The zero-order valence-electron chi connectivity index (χ0n) is 15.9. The zero-order valence-corrected chi connectivity index (χ0v) is 16.7. The summed E-state index contributed by atoms with van der Waals surface area (Å²) in [5.41, 5.74) is 1.26. The summed E-state index contributed by atoms with van der Waals surface area (Å²) in [7, 11) is 0. The predicted molar refractivity (Wildman–Crippen MR) is 111 cm³/mol. The van der Waals surface area contributed by atoms with E-state index in [0.29, 0.717) is 23.5 Å². The third kappa shape index (κ3) is 5.80. The number of rotatable bonds is 8. The molecule has 2 aromatic carbocycles. The monoisotopic (exact) mass is 435 g/mol. The van der Waals surface area contributed by atoms with Gasteiger partial charge in [0.2, 0.25) is 0 Å². The van der Waals surface area contributed by atoms with Crippen LogP contribution in [0.3, 0.4) is 0 Å². The number of para-hydroxylation sites is 1. The van der Waals surface area contributed by atoms with Crippen molar-refractivity contribution < 1.29 is 23.1 Å². The van der Waals surface area contributed by atoms with Crippen LogP contribution in [0.15, 0.2) is 53.9 Å². The number of aliphatic hydroxyl groups is 1. The first-order chi connectivity index (χ1) is 14.4. The van der Waals surface area contributed by atoms with Crippen LogP contribution < -0.4 is 10.6 Å². The first-order valence-electron chi connectivity index (χ1n) is 9.22. The molecule has 158 valence electrons. The number of benzene rings is 2. The standard InChI is InChI=1S/C21H20F3N3O2S/c22-21(23,24)17-5-1-2-6-18(17)25-12-14-7-9-15(10-8-14)19(29)27-20-26-16(13-30-20)4-3-11-28/h1-2,5-10,13,25,28H,3-4,11-12H2,(H,26,27,29). The molecule has 0 aliphatic rings. The van der Waals surface area contributed by atoms with Crippen molar-refractivity contribution in [3.63, 3.8) is 0 Å². The van der Waals surface area contributed by atoms with Gasteiger partial charge in [0.15, 0.2) is 5.13 Å². The van der Waals surface area contributed by atoms with E-state index in [1.165, 1.54) is 23.5 Å². The van der Waals surface area contributed by atoms with Crippen LogP contribution in [-0.2, 0) is 19.1 Å². The molecule has 0 atom stereocenters. The number of aliphatic hydroxyl groups excluding tert-OH is 1. The fraction of sp³-hybridized carbons (Fsp3) is 0.238. The van der Waals surface area contributed by atoms with Crippen molar-refractivity contribution in [3.05, 3.63) is 76.3 Å². The van der Waals surface area contributed by atoms with Gasteiger partial charge in [-0.1, -0.05) is 24.3 Å². The van der Waals surface area contributed by atoms with Gasteiger partial charge in [-0.3, -0.25) is 10.1 Å². The Kier molecular flexibility index (Phi) is 7.07. The molecule has 3 N–H and O–H groups in total. The molecule has 5 nitrogen and oxygen atoms in total. The highest BCUT2D eigenvalue weighted by Crippen LogP contribution is 2.34. The van der Waals surface area contributed by atoms with Crippen molar-refractivity contribution in [1.29, 1.82) is 0 Å². The smallest absolute Gasteiger partial charge is 0.396 e. The third-order valence-corrected chi connectivity index (χ3v) is 5.10. The minimum atomic E-state index is -4.43. The summed E-state index contributed by atoms with van der Waals surface area (Å²) in [4.78, 5) is 16.7. The average Bonchev–Trinajstić information content (AvgIpc) is 3.17. The van der Waals surface area contributed by atoms with E-state index in [1.807, 2.05) is 5.38 Å². The molecule has 9 heteroatoms. The molecular formula is C21H20F3N3O2S. The number of amides is 1. The van der Waals surface area contributed by atoms with E-state index in [9.17, 15) is 18.0 Å². The summed E-state index contributed by atoms with van der Waals surface area (Å²) in [6, 6.07) is 11.9. The Bertz CT molecular complexity index is 988. The van der Waals surface area contributed by atoms with Crippen LogP contribution in [0.4, 0.5) is 24.0 Å². The second-order valence-electron chi connectivity index (χ2n) is 6.52. The van der Waals surface area contributed by atoms with Gasteiger partial charge in [0, 0.05) is 29.8 Å². The number of alkyl halides is 3. The highest BCUT2D eigenvalue weighted by Gasteiger charge is 2.33. The molecule has 0 fully saturated rings. The normalized spacial score (nSPS) is 11.3. The number of aryl methyl sites for hydroxylation is 1. The van der Waals surface area contributed by atoms with Crippen molar-refractivity contribution in [2.24, 2.45) is 0 Å². The summed E-state index contributed by atoms with van der Waals surface area (Å²) in [5, 5.41) is 16.7. The summed E-state index contributed by atoms with van der Waals surface area (Å²) < 4.78 is 39.2. The van der Waals surface area contributed by atoms with Gasteiger partial charge < -0.3 is 10.4 Å². The lowest BCUT2D eigenvalue weighted by molar-refractivity contribution is -0.137. The second-order valence-corrected chi connectivity index (χ2v) is 7.38. The van der Waals surface area contributed by atoms with E-state index in [0.717, 1.165) is 17.3 Å². The number of aromatic nitrogens is 1. The van der Waals surface area contributed by atoms with Crippen molar-refractivity contribution in [3.8, 4) is 0 Å². The van der Waals surface area contributed by atoms with E-state index >= 15 is 0 Å². The van der Waals surface area contributed by atoms with Gasteiger partial charge in [-0.2, -0.15) is 13.2 Å². The maximum atomic E-state index is 13.1. The number of carbonyl (C=O) groups excluding carboxylic acids is 1. The zero-order chi connectivity index (χ0) is 21.6. The fourth-order valence-corrected chi connectivity index (χ4v) is 3.50. The average molecular weight is 435 g/mol. The number of thiazole rings is 1. The molecule has 0 saturated carbocycles. The molecule has 0 aliphatic heterocycles. The van der Waals surface area contributed by atoms with Gasteiger partial charge >= 0.3 is 6.18 Å². The largest absolute Gasteiger partial charge is 0.418 e. The Morgan fingerprint density at radius 3 is 2.53 bits per heavy atom. The molecule has 0 spiro atoms. The van der Waals surface area contributed by atoms with Gasteiger partial charge in [-0.15, -0.1) is 11.3 Å². The molecule has 0 radical (unpaired) electrons. The molecule has 3 aromatic rings. The Morgan fingerprint density at radius 2 is 1.83 bits per heavy atom. The quantitative estimate of drug-likeness (QED) is 0.468. The summed E-state index contributed by atoms with van der Waals surface area (Å²) >= 11 is 1.31. The van der Waals surface area contributed by atoms with E-state index in [-0.39, 0.29) is 24.7 Å². The Morgan fingerprint density at radius 1 is 1.10 bits per heavy atom. The molecule has 1 heterocycles. The van der Waals surface area contributed by atoms with E-state index < -0.39 is 11.7 Å². The van der Waals surface area contributed by atoms with Gasteiger partial charge in [-0.25, -0.2) is 4.98 Å². The Hall–Kier alpha value is -2.91. The fourth-order valence-electron chi connectivity index (χ4n) is 2.76. The van der Waals surface area contributed by atoms with Crippen LogP contribution >= 0.6 is 11.3 Å². The number of halogens is 3. The number of anilines is 2. The first kappa shape index (κ1) is 21.8. The van der Waals surface area contributed by atoms with E-state index in [1.54, 1.807) is 30.3 Å². The molecule has 0 unspecified atom stereocenters. The Balaban J connectivity index is 1.59. The van der Waals surface area contributed by atoms with Crippen molar-refractivity contribution in [2.75, 3.05) is 17.2 Å². The van der Waals surface area contributed by atoms with Crippen LogP contribution in [0.25, 0.3) is 0 Å². The molecule has 1 aromatic heterocycles. The minimum Gasteiger partial charge on any atom is -0.396 e. The summed E-state index contributed by atoms with van der Waals surface area (Å²) in [5.74, 6) is -0.319. The summed E-state index contributed by atoms with van der Waals surface area (Å²) in [6.45, 7) is 0.276. The van der Waals surface area contributed by atoms with Crippen LogP contribution in [0.2, 0.25) is 0 Å². The lowest BCUT2D eigenvalue weighted by Crippen LogP contribution is -2.12. The van der Waals surface area contributed by atoms with Crippen LogP contribution in [-0.4, -0.2) is 22.6 Å². The topological polar surface area (TPSA) is 74.2 Å². The highest BCUT2D eigenvalue weighted by molar-refractivity contribution is 7.14. The summed E-state index contributed by atoms with van der Waals surface area (Å²) in [6.07, 6.45) is -3.18. The van der Waals surface area contributed by atoms with Crippen molar-refractivity contribution in [1.82, 2.24) is 4.98 Å². The predicted octanol–water partition coefficient (Wildman–Crippen LogP) is 4.95. The molecule has 3 rings (SSSR count). The van der Waals surface area contributed by atoms with Gasteiger partial charge in [0.25, 0.3) is 5.91 Å². The number of nitrogens with zero attached hydrogens (tertiary/aromatic N) is 1. The molecule has 0 saturated heterocycles. The lowest BCUT2D eigenvalue weighted by atomic mass is 10.1. The van der Waals surface area contributed by atoms with Gasteiger partial charge in [0.05, 0.1) is 11.3 Å². The number of nitrogens with one attached hydrogen (secondary N) is 2. The van der Waals surface area contributed by atoms with Crippen molar-refractivity contribution in [2.45, 2.75) is 25.6 Å². The van der Waals surface area contributed by atoms with Crippen molar-refractivity contribution >= 4 is 28.1 Å².